The summed E-state index contributed by atoms with van der Waals surface area (Å²) in [4.78, 5) is 18.8. The van der Waals surface area contributed by atoms with Crippen LogP contribution in [0.25, 0.3) is 10.9 Å². The standard InChI is InChI=1S/C22H22N2O4/c1-26-19-8-4-5-9-20(19)27-15-22(25)24-13-12-17(14-24)28-21-11-10-16-6-2-3-7-18(16)23-21/h2-11,17H,12-15H2,1H3. The molecule has 1 amide bonds. The van der Waals surface area contributed by atoms with Crippen LogP contribution in [0.1, 0.15) is 6.42 Å². The van der Waals surface area contributed by atoms with Gasteiger partial charge in [0.2, 0.25) is 5.88 Å². The Kier molecular flexibility index (Phi) is 5.28. The van der Waals surface area contributed by atoms with Gasteiger partial charge in [0.25, 0.3) is 5.91 Å². The molecule has 3 aromatic rings. The van der Waals surface area contributed by atoms with Crippen LogP contribution >= 0.6 is 0 Å². The van der Waals surface area contributed by atoms with Gasteiger partial charge in [-0.3, -0.25) is 4.79 Å². The van der Waals surface area contributed by atoms with Gasteiger partial charge in [-0.2, -0.15) is 0 Å². The van der Waals surface area contributed by atoms with Gasteiger partial charge in [-0.25, -0.2) is 4.98 Å². The molecule has 1 aliphatic heterocycles. The first-order valence-corrected chi connectivity index (χ1v) is 9.29. The monoisotopic (exact) mass is 378 g/mol. The first-order chi connectivity index (χ1) is 13.7. The number of para-hydroxylation sites is 3. The van der Waals surface area contributed by atoms with Crippen LogP contribution in [0.2, 0.25) is 0 Å². The Morgan fingerprint density at radius 2 is 1.86 bits per heavy atom. The first-order valence-electron chi connectivity index (χ1n) is 9.29. The zero-order chi connectivity index (χ0) is 19.3. The highest BCUT2D eigenvalue weighted by molar-refractivity contribution is 5.79. The van der Waals surface area contributed by atoms with E-state index in [0.29, 0.717) is 30.5 Å². The molecule has 0 spiro atoms. The van der Waals surface area contributed by atoms with E-state index < -0.39 is 0 Å². The third kappa shape index (κ3) is 4.01. The summed E-state index contributed by atoms with van der Waals surface area (Å²) in [6, 6.07) is 19.1. The zero-order valence-electron chi connectivity index (χ0n) is 15.7. The number of carbonyl (C=O) groups excluding carboxylic acids is 1. The molecule has 0 bridgehead atoms. The van der Waals surface area contributed by atoms with Crippen LogP contribution < -0.4 is 14.2 Å². The lowest BCUT2D eigenvalue weighted by molar-refractivity contribution is -0.132. The van der Waals surface area contributed by atoms with E-state index in [0.717, 1.165) is 17.3 Å². The first kappa shape index (κ1) is 18.1. The number of hydrogen-bond donors (Lipinski definition) is 0. The average molecular weight is 378 g/mol. The number of fused-ring (bicyclic) bond motifs is 1. The highest BCUT2D eigenvalue weighted by Gasteiger charge is 2.28. The molecule has 6 heteroatoms. The summed E-state index contributed by atoms with van der Waals surface area (Å²) in [5, 5.41) is 1.08. The Morgan fingerprint density at radius 1 is 1.07 bits per heavy atom. The van der Waals surface area contributed by atoms with Crippen LogP contribution in [0.5, 0.6) is 17.4 Å². The number of methoxy groups -OCH3 is 1. The highest BCUT2D eigenvalue weighted by Crippen LogP contribution is 2.26. The molecule has 4 rings (SSSR count). The summed E-state index contributed by atoms with van der Waals surface area (Å²) in [5.41, 5.74) is 0.899. The van der Waals surface area contributed by atoms with Crippen molar-refractivity contribution < 1.29 is 19.0 Å². The number of likely N-dealkylation sites (tertiary alicyclic amines) is 1. The molecule has 0 saturated carbocycles. The second-order valence-electron chi connectivity index (χ2n) is 6.65. The van der Waals surface area contributed by atoms with Crippen molar-refractivity contribution in [2.45, 2.75) is 12.5 Å². The number of aromatic nitrogens is 1. The van der Waals surface area contributed by atoms with Gasteiger partial charge in [0.15, 0.2) is 18.1 Å². The quantitative estimate of drug-likeness (QED) is 0.659. The fourth-order valence-electron chi connectivity index (χ4n) is 3.30. The van der Waals surface area contributed by atoms with E-state index in [4.69, 9.17) is 14.2 Å². The zero-order valence-corrected chi connectivity index (χ0v) is 15.7. The summed E-state index contributed by atoms with van der Waals surface area (Å²) in [6.45, 7) is 1.15. The molecule has 1 saturated heterocycles. The van der Waals surface area contributed by atoms with Crippen molar-refractivity contribution in [1.82, 2.24) is 9.88 Å². The minimum Gasteiger partial charge on any atom is -0.493 e. The van der Waals surface area contributed by atoms with Crippen molar-refractivity contribution in [3.05, 3.63) is 60.7 Å². The summed E-state index contributed by atoms with van der Waals surface area (Å²) in [6.07, 6.45) is 0.707. The lowest BCUT2D eigenvalue weighted by Gasteiger charge is -2.18. The Labute approximate surface area is 163 Å². The molecule has 1 fully saturated rings. The van der Waals surface area contributed by atoms with Crippen molar-refractivity contribution >= 4 is 16.8 Å². The normalized spacial score (nSPS) is 16.2. The van der Waals surface area contributed by atoms with Gasteiger partial charge in [-0.15, -0.1) is 0 Å². The predicted molar refractivity (Wildman–Crippen MR) is 106 cm³/mol. The maximum atomic E-state index is 12.5. The number of benzene rings is 2. The fraction of sp³-hybridized carbons (Fsp3) is 0.273. The average Bonchev–Trinajstić information content (AvgIpc) is 3.20. The number of ether oxygens (including phenoxy) is 3. The van der Waals surface area contributed by atoms with Crippen LogP contribution in [0, 0.1) is 0 Å². The molecule has 1 unspecified atom stereocenters. The summed E-state index contributed by atoms with van der Waals surface area (Å²) < 4.78 is 16.9. The van der Waals surface area contributed by atoms with Gasteiger partial charge in [-0.1, -0.05) is 30.3 Å². The van der Waals surface area contributed by atoms with Crippen molar-refractivity contribution in [1.29, 1.82) is 0 Å². The maximum absolute atomic E-state index is 12.5. The van der Waals surface area contributed by atoms with Crippen LogP contribution in [-0.2, 0) is 4.79 Å². The van der Waals surface area contributed by atoms with Crippen molar-refractivity contribution in [2.24, 2.45) is 0 Å². The molecule has 1 aromatic heterocycles. The Bertz CT molecular complexity index is 975. The lowest BCUT2D eigenvalue weighted by Crippen LogP contribution is -2.34. The minimum absolute atomic E-state index is 0.0265. The van der Waals surface area contributed by atoms with E-state index in [1.165, 1.54) is 0 Å². The SMILES string of the molecule is COc1ccccc1OCC(=O)N1CCC(Oc2ccc3ccccc3n2)C1. The molecule has 0 N–H and O–H groups in total. The molecule has 2 aromatic carbocycles. The summed E-state index contributed by atoms with van der Waals surface area (Å²) in [7, 11) is 1.58. The van der Waals surface area contributed by atoms with E-state index in [2.05, 4.69) is 4.98 Å². The molecule has 144 valence electrons. The molecule has 2 heterocycles. The van der Waals surface area contributed by atoms with Crippen LogP contribution in [0.3, 0.4) is 0 Å². The van der Waals surface area contributed by atoms with Crippen molar-refractivity contribution in [3.63, 3.8) is 0 Å². The van der Waals surface area contributed by atoms with Crippen molar-refractivity contribution in [3.8, 4) is 17.4 Å². The Morgan fingerprint density at radius 3 is 2.71 bits per heavy atom. The largest absolute Gasteiger partial charge is 0.493 e. The van der Waals surface area contributed by atoms with E-state index >= 15 is 0 Å². The molecule has 1 atom stereocenters. The van der Waals surface area contributed by atoms with Gasteiger partial charge in [-0.05, 0) is 24.3 Å². The van der Waals surface area contributed by atoms with Gasteiger partial charge in [0, 0.05) is 24.4 Å². The molecular formula is C22H22N2O4. The van der Waals surface area contributed by atoms with E-state index in [1.807, 2.05) is 48.5 Å². The number of nitrogens with zero attached hydrogens (tertiary/aromatic N) is 2. The maximum Gasteiger partial charge on any atom is 0.260 e. The third-order valence-electron chi connectivity index (χ3n) is 4.78. The molecule has 6 nitrogen and oxygen atoms in total. The fourth-order valence-corrected chi connectivity index (χ4v) is 3.30. The molecule has 28 heavy (non-hydrogen) atoms. The number of rotatable bonds is 6. The summed E-state index contributed by atoms with van der Waals surface area (Å²) >= 11 is 0. The van der Waals surface area contributed by atoms with Gasteiger partial charge < -0.3 is 19.1 Å². The van der Waals surface area contributed by atoms with E-state index in [1.54, 1.807) is 24.1 Å². The van der Waals surface area contributed by atoms with Gasteiger partial charge >= 0.3 is 0 Å². The second kappa shape index (κ2) is 8.17. The van der Waals surface area contributed by atoms with Gasteiger partial charge in [0.05, 0.1) is 19.2 Å². The summed E-state index contributed by atoms with van der Waals surface area (Å²) in [5.74, 6) is 1.69. The smallest absolute Gasteiger partial charge is 0.260 e. The molecule has 0 radical (unpaired) electrons. The highest BCUT2D eigenvalue weighted by atomic mass is 16.5. The number of carbonyl (C=O) groups is 1. The topological polar surface area (TPSA) is 60.9 Å². The number of amides is 1. The lowest BCUT2D eigenvalue weighted by atomic mass is 10.2. The van der Waals surface area contributed by atoms with Crippen LogP contribution in [0.4, 0.5) is 0 Å². The minimum atomic E-state index is -0.0662. The van der Waals surface area contributed by atoms with E-state index in [-0.39, 0.29) is 18.6 Å². The van der Waals surface area contributed by atoms with Gasteiger partial charge in [0.1, 0.15) is 6.10 Å². The molecular weight excluding hydrogens is 356 g/mol. The van der Waals surface area contributed by atoms with Crippen LogP contribution in [-0.4, -0.2) is 48.7 Å². The predicted octanol–water partition coefficient (Wildman–Crippen LogP) is 3.30. The van der Waals surface area contributed by atoms with E-state index in [9.17, 15) is 4.79 Å². The number of pyridine rings is 1. The van der Waals surface area contributed by atoms with Crippen LogP contribution in [0.15, 0.2) is 60.7 Å². The Balaban J connectivity index is 1.32. The Hall–Kier alpha value is -3.28. The third-order valence-corrected chi connectivity index (χ3v) is 4.78. The molecule has 1 aliphatic rings. The second-order valence-corrected chi connectivity index (χ2v) is 6.65. The van der Waals surface area contributed by atoms with Crippen molar-refractivity contribution in [2.75, 3.05) is 26.8 Å². The number of hydrogen-bond acceptors (Lipinski definition) is 5. The molecule has 0 aliphatic carbocycles.